The molecule has 0 spiro atoms. The molecule has 1 aliphatic heterocycles. The third-order valence-electron chi connectivity index (χ3n) is 4.09. The Balaban J connectivity index is 1.57. The highest BCUT2D eigenvalue weighted by atomic mass is 19.1. The van der Waals surface area contributed by atoms with E-state index in [9.17, 15) is 9.18 Å². The molecule has 6 heteroatoms. The molecule has 0 aliphatic carbocycles. The maximum Gasteiger partial charge on any atom is 0.247 e. The zero-order chi connectivity index (χ0) is 17.6. The van der Waals surface area contributed by atoms with Gasteiger partial charge in [-0.2, -0.15) is 0 Å². The SMILES string of the molecule is NC(=O)C1CN(Cc2cccc(OCc3ccc(F)cc3)c2)CCO1. The van der Waals surface area contributed by atoms with Gasteiger partial charge in [-0.3, -0.25) is 9.69 Å². The quantitative estimate of drug-likeness (QED) is 0.871. The Bertz CT molecular complexity index is 721. The van der Waals surface area contributed by atoms with Crippen LogP contribution in [-0.4, -0.2) is 36.6 Å². The van der Waals surface area contributed by atoms with Gasteiger partial charge in [0.25, 0.3) is 0 Å². The van der Waals surface area contributed by atoms with Crippen LogP contribution in [0.1, 0.15) is 11.1 Å². The first-order valence-electron chi connectivity index (χ1n) is 8.19. The van der Waals surface area contributed by atoms with E-state index in [2.05, 4.69) is 4.90 Å². The Morgan fingerprint density at radius 2 is 2.04 bits per heavy atom. The van der Waals surface area contributed by atoms with E-state index in [-0.39, 0.29) is 5.82 Å². The topological polar surface area (TPSA) is 64.8 Å². The van der Waals surface area contributed by atoms with Crippen molar-refractivity contribution >= 4 is 5.91 Å². The smallest absolute Gasteiger partial charge is 0.247 e. The number of carbonyl (C=O) groups excluding carboxylic acids is 1. The molecular formula is C19H21FN2O3. The monoisotopic (exact) mass is 344 g/mol. The third kappa shape index (κ3) is 5.01. The van der Waals surface area contributed by atoms with Crippen molar-refractivity contribution in [2.24, 2.45) is 5.73 Å². The van der Waals surface area contributed by atoms with Crippen molar-refractivity contribution in [3.63, 3.8) is 0 Å². The lowest BCUT2D eigenvalue weighted by Crippen LogP contribution is -2.47. The van der Waals surface area contributed by atoms with E-state index in [0.717, 1.165) is 23.4 Å². The Hall–Kier alpha value is -2.44. The number of ether oxygens (including phenoxy) is 2. The number of carbonyl (C=O) groups is 1. The predicted molar refractivity (Wildman–Crippen MR) is 91.4 cm³/mol. The highest BCUT2D eigenvalue weighted by Crippen LogP contribution is 2.18. The molecule has 0 radical (unpaired) electrons. The third-order valence-corrected chi connectivity index (χ3v) is 4.09. The van der Waals surface area contributed by atoms with Crippen molar-refractivity contribution in [3.05, 3.63) is 65.5 Å². The zero-order valence-corrected chi connectivity index (χ0v) is 13.9. The summed E-state index contributed by atoms with van der Waals surface area (Å²) >= 11 is 0. The van der Waals surface area contributed by atoms with Gasteiger partial charge in [-0.05, 0) is 35.4 Å². The van der Waals surface area contributed by atoms with Crippen molar-refractivity contribution in [1.82, 2.24) is 4.90 Å². The lowest BCUT2D eigenvalue weighted by atomic mass is 10.1. The van der Waals surface area contributed by atoms with E-state index < -0.39 is 12.0 Å². The molecule has 2 N–H and O–H groups in total. The number of hydrogen-bond donors (Lipinski definition) is 1. The molecule has 1 aliphatic rings. The van der Waals surface area contributed by atoms with Gasteiger partial charge in [-0.1, -0.05) is 24.3 Å². The van der Waals surface area contributed by atoms with Gasteiger partial charge in [0.05, 0.1) is 6.61 Å². The lowest BCUT2D eigenvalue weighted by Gasteiger charge is -2.31. The van der Waals surface area contributed by atoms with Gasteiger partial charge in [0.2, 0.25) is 5.91 Å². The number of nitrogens with two attached hydrogens (primary N) is 1. The number of hydrogen-bond acceptors (Lipinski definition) is 4. The minimum atomic E-state index is -0.549. The molecule has 1 saturated heterocycles. The molecule has 1 amide bonds. The maximum atomic E-state index is 12.9. The highest BCUT2D eigenvalue weighted by Gasteiger charge is 2.24. The summed E-state index contributed by atoms with van der Waals surface area (Å²) in [6.45, 7) is 2.82. The van der Waals surface area contributed by atoms with Crippen LogP contribution in [-0.2, 0) is 22.7 Å². The van der Waals surface area contributed by atoms with Gasteiger partial charge in [-0.25, -0.2) is 4.39 Å². The first-order chi connectivity index (χ1) is 12.1. The molecule has 132 valence electrons. The number of morpholine rings is 1. The van der Waals surface area contributed by atoms with Crippen LogP contribution < -0.4 is 10.5 Å². The second kappa shape index (κ2) is 8.09. The number of rotatable bonds is 6. The van der Waals surface area contributed by atoms with Crippen LogP contribution in [0, 0.1) is 5.82 Å². The van der Waals surface area contributed by atoms with E-state index in [0.29, 0.717) is 26.3 Å². The second-order valence-corrected chi connectivity index (χ2v) is 6.06. The Morgan fingerprint density at radius 1 is 1.24 bits per heavy atom. The highest BCUT2D eigenvalue weighted by molar-refractivity contribution is 5.79. The predicted octanol–water partition coefficient (Wildman–Crippen LogP) is 2.09. The number of benzene rings is 2. The first kappa shape index (κ1) is 17.4. The largest absolute Gasteiger partial charge is 0.489 e. The van der Waals surface area contributed by atoms with Crippen LogP contribution in [0.4, 0.5) is 4.39 Å². The molecule has 2 aromatic carbocycles. The number of amides is 1. The fraction of sp³-hybridized carbons (Fsp3) is 0.316. The summed E-state index contributed by atoms with van der Waals surface area (Å²) in [5.41, 5.74) is 7.31. The van der Waals surface area contributed by atoms with Crippen molar-refractivity contribution in [2.45, 2.75) is 19.3 Å². The van der Waals surface area contributed by atoms with E-state index in [1.165, 1.54) is 12.1 Å². The van der Waals surface area contributed by atoms with Crippen LogP contribution in [0.2, 0.25) is 0 Å². The second-order valence-electron chi connectivity index (χ2n) is 6.06. The number of nitrogens with zero attached hydrogens (tertiary/aromatic N) is 1. The molecule has 2 aromatic rings. The minimum absolute atomic E-state index is 0.259. The average molecular weight is 344 g/mol. The maximum absolute atomic E-state index is 12.9. The van der Waals surface area contributed by atoms with E-state index in [1.54, 1.807) is 12.1 Å². The molecule has 3 rings (SSSR count). The molecule has 1 fully saturated rings. The Labute approximate surface area is 146 Å². The number of primary amides is 1. The van der Waals surface area contributed by atoms with E-state index in [4.69, 9.17) is 15.2 Å². The van der Waals surface area contributed by atoms with Crippen LogP contribution in [0.15, 0.2) is 48.5 Å². The first-order valence-corrected chi connectivity index (χ1v) is 8.19. The molecule has 0 bridgehead atoms. The summed E-state index contributed by atoms with van der Waals surface area (Å²) in [7, 11) is 0. The fourth-order valence-electron chi connectivity index (χ4n) is 2.76. The molecule has 0 aromatic heterocycles. The summed E-state index contributed by atoms with van der Waals surface area (Å²) in [5, 5.41) is 0. The molecule has 0 saturated carbocycles. The van der Waals surface area contributed by atoms with Gasteiger partial charge < -0.3 is 15.2 Å². The summed E-state index contributed by atoms with van der Waals surface area (Å²) < 4.78 is 24.1. The molecule has 5 nitrogen and oxygen atoms in total. The Kier molecular flexibility index (Phi) is 5.63. The van der Waals surface area contributed by atoms with Crippen molar-refractivity contribution < 1.29 is 18.7 Å². The zero-order valence-electron chi connectivity index (χ0n) is 13.9. The lowest BCUT2D eigenvalue weighted by molar-refractivity contribution is -0.135. The van der Waals surface area contributed by atoms with Crippen LogP contribution in [0.3, 0.4) is 0 Å². The van der Waals surface area contributed by atoms with Crippen LogP contribution in [0.25, 0.3) is 0 Å². The molecule has 1 atom stereocenters. The van der Waals surface area contributed by atoms with Crippen molar-refractivity contribution in [3.8, 4) is 5.75 Å². The normalized spacial score (nSPS) is 18.0. The van der Waals surface area contributed by atoms with Crippen molar-refractivity contribution in [1.29, 1.82) is 0 Å². The van der Waals surface area contributed by atoms with Gasteiger partial charge in [0, 0.05) is 19.6 Å². The van der Waals surface area contributed by atoms with Gasteiger partial charge in [0.1, 0.15) is 24.3 Å². The van der Waals surface area contributed by atoms with Gasteiger partial charge in [0.15, 0.2) is 0 Å². The Morgan fingerprint density at radius 3 is 2.80 bits per heavy atom. The van der Waals surface area contributed by atoms with Gasteiger partial charge in [-0.15, -0.1) is 0 Å². The average Bonchev–Trinajstić information content (AvgIpc) is 2.62. The van der Waals surface area contributed by atoms with Crippen molar-refractivity contribution in [2.75, 3.05) is 19.7 Å². The summed E-state index contributed by atoms with van der Waals surface area (Å²) in [6.07, 6.45) is -0.549. The van der Waals surface area contributed by atoms with E-state index >= 15 is 0 Å². The molecule has 25 heavy (non-hydrogen) atoms. The summed E-state index contributed by atoms with van der Waals surface area (Å²) in [5.74, 6) is 0.0631. The summed E-state index contributed by atoms with van der Waals surface area (Å²) in [6, 6.07) is 14.1. The molecule has 1 heterocycles. The van der Waals surface area contributed by atoms with Crippen LogP contribution >= 0.6 is 0 Å². The summed E-state index contributed by atoms with van der Waals surface area (Å²) in [4.78, 5) is 13.4. The standard InChI is InChI=1S/C19H21FN2O3/c20-16-6-4-14(5-7-16)13-25-17-3-1-2-15(10-17)11-22-8-9-24-18(12-22)19(21)23/h1-7,10,18H,8-9,11-13H2,(H2,21,23). The molecule has 1 unspecified atom stereocenters. The number of halogens is 1. The van der Waals surface area contributed by atoms with E-state index in [1.807, 2.05) is 24.3 Å². The van der Waals surface area contributed by atoms with Gasteiger partial charge >= 0.3 is 0 Å². The fourth-order valence-corrected chi connectivity index (χ4v) is 2.76. The van der Waals surface area contributed by atoms with Crippen LogP contribution in [0.5, 0.6) is 5.75 Å². The minimum Gasteiger partial charge on any atom is -0.489 e. The molecular weight excluding hydrogens is 323 g/mol.